The summed E-state index contributed by atoms with van der Waals surface area (Å²) in [6, 6.07) is 14.3. The highest BCUT2D eigenvalue weighted by Gasteiger charge is 2.11. The zero-order chi connectivity index (χ0) is 23.1. The molecule has 1 N–H and O–H groups in total. The van der Waals surface area contributed by atoms with E-state index in [9.17, 15) is 9.59 Å². The number of nitrogens with one attached hydrogen (secondary N) is 1. The minimum atomic E-state index is -0.365. The Morgan fingerprint density at radius 1 is 0.969 bits per heavy atom. The van der Waals surface area contributed by atoms with Gasteiger partial charge in [0.1, 0.15) is 18.9 Å². The lowest BCUT2D eigenvalue weighted by atomic mass is 10.1. The molecule has 32 heavy (non-hydrogen) atoms. The first kappa shape index (κ1) is 22.9. The molecule has 0 spiro atoms. The zero-order valence-electron chi connectivity index (χ0n) is 18.7. The number of benzene rings is 2. The predicted octanol–water partition coefficient (Wildman–Crippen LogP) is 2.74. The normalized spacial score (nSPS) is 10.5. The first-order valence-electron chi connectivity index (χ1n) is 10.2. The van der Waals surface area contributed by atoms with Crippen LogP contribution in [0, 0.1) is 13.8 Å². The van der Waals surface area contributed by atoms with Gasteiger partial charge in [0.05, 0.1) is 26.5 Å². The largest absolute Gasteiger partial charge is 0.493 e. The number of nitrogens with zero attached hydrogens (tertiary/aromatic N) is 2. The Morgan fingerprint density at radius 2 is 1.69 bits per heavy atom. The van der Waals surface area contributed by atoms with Crippen LogP contribution in [0.3, 0.4) is 0 Å². The molecule has 0 saturated heterocycles. The Morgan fingerprint density at radius 3 is 2.38 bits per heavy atom. The van der Waals surface area contributed by atoms with Crippen molar-refractivity contribution >= 4 is 5.91 Å². The standard InChI is InChI=1S/C24H27N3O5/c1-16-11-17(2)13-19(12-16)32-10-9-25-23(28)15-27-24(29)8-6-20(26-27)18-5-7-21(30-3)22(14-18)31-4/h5-8,11-14H,9-10,15H2,1-4H3,(H,25,28). The number of hydrogen-bond donors (Lipinski definition) is 1. The van der Waals surface area contributed by atoms with Gasteiger partial charge in [0.15, 0.2) is 11.5 Å². The molecule has 3 rings (SSSR count). The van der Waals surface area contributed by atoms with Crippen molar-refractivity contribution in [1.82, 2.24) is 15.1 Å². The second-order valence-electron chi connectivity index (χ2n) is 7.31. The summed E-state index contributed by atoms with van der Waals surface area (Å²) >= 11 is 0. The molecule has 0 aliphatic carbocycles. The summed E-state index contributed by atoms with van der Waals surface area (Å²) in [6.07, 6.45) is 0. The Balaban J connectivity index is 1.61. The van der Waals surface area contributed by atoms with E-state index in [0.717, 1.165) is 27.1 Å². The molecule has 3 aromatic rings. The Bertz CT molecular complexity index is 1140. The van der Waals surface area contributed by atoms with Crippen LogP contribution in [-0.2, 0) is 11.3 Å². The number of amides is 1. The minimum Gasteiger partial charge on any atom is -0.493 e. The zero-order valence-corrected chi connectivity index (χ0v) is 18.7. The fourth-order valence-corrected chi connectivity index (χ4v) is 3.28. The van der Waals surface area contributed by atoms with Crippen molar-refractivity contribution in [1.29, 1.82) is 0 Å². The number of ether oxygens (including phenoxy) is 3. The number of hydrogen-bond acceptors (Lipinski definition) is 6. The third kappa shape index (κ3) is 5.87. The third-order valence-electron chi connectivity index (χ3n) is 4.73. The van der Waals surface area contributed by atoms with E-state index in [1.807, 2.05) is 32.0 Å². The van der Waals surface area contributed by atoms with Crippen LogP contribution >= 0.6 is 0 Å². The van der Waals surface area contributed by atoms with E-state index in [1.165, 1.54) is 6.07 Å². The van der Waals surface area contributed by atoms with E-state index in [2.05, 4.69) is 16.5 Å². The molecule has 1 heterocycles. The molecule has 168 valence electrons. The van der Waals surface area contributed by atoms with Gasteiger partial charge in [0, 0.05) is 11.6 Å². The maximum absolute atomic E-state index is 12.3. The van der Waals surface area contributed by atoms with Gasteiger partial charge in [-0.3, -0.25) is 9.59 Å². The molecule has 0 saturated carbocycles. The third-order valence-corrected chi connectivity index (χ3v) is 4.73. The summed E-state index contributed by atoms with van der Waals surface area (Å²) in [5.74, 6) is 1.57. The van der Waals surface area contributed by atoms with Crippen LogP contribution in [-0.4, -0.2) is 43.1 Å². The van der Waals surface area contributed by atoms with E-state index in [1.54, 1.807) is 32.4 Å². The highest BCUT2D eigenvalue weighted by atomic mass is 16.5. The highest BCUT2D eigenvalue weighted by molar-refractivity contribution is 5.75. The number of rotatable bonds is 9. The maximum Gasteiger partial charge on any atom is 0.267 e. The molecule has 0 aliphatic rings. The Hall–Kier alpha value is -3.81. The molecule has 0 aliphatic heterocycles. The van der Waals surface area contributed by atoms with Gasteiger partial charge in [-0.2, -0.15) is 5.10 Å². The molecule has 0 atom stereocenters. The highest BCUT2D eigenvalue weighted by Crippen LogP contribution is 2.31. The Labute approximate surface area is 186 Å². The number of aromatic nitrogens is 2. The molecular formula is C24H27N3O5. The van der Waals surface area contributed by atoms with Crippen LogP contribution in [0.2, 0.25) is 0 Å². The maximum atomic E-state index is 12.3. The van der Waals surface area contributed by atoms with E-state index in [-0.39, 0.29) is 18.0 Å². The summed E-state index contributed by atoms with van der Waals surface area (Å²) in [4.78, 5) is 24.5. The second kappa shape index (κ2) is 10.5. The molecule has 1 aromatic heterocycles. The molecule has 0 radical (unpaired) electrons. The molecule has 2 aromatic carbocycles. The summed E-state index contributed by atoms with van der Waals surface area (Å²) in [5.41, 5.74) is 3.14. The van der Waals surface area contributed by atoms with Gasteiger partial charge in [-0.1, -0.05) is 6.07 Å². The lowest BCUT2D eigenvalue weighted by Crippen LogP contribution is -2.35. The predicted molar refractivity (Wildman–Crippen MR) is 121 cm³/mol. The van der Waals surface area contributed by atoms with Crippen LogP contribution in [0.15, 0.2) is 53.3 Å². The molecular weight excluding hydrogens is 410 g/mol. The second-order valence-corrected chi connectivity index (χ2v) is 7.31. The fraction of sp³-hybridized carbons (Fsp3) is 0.292. The minimum absolute atomic E-state index is 0.191. The number of methoxy groups -OCH3 is 2. The quantitative estimate of drug-likeness (QED) is 0.518. The topological polar surface area (TPSA) is 91.7 Å². The van der Waals surface area contributed by atoms with Gasteiger partial charge >= 0.3 is 0 Å². The summed E-state index contributed by atoms with van der Waals surface area (Å²) in [6.45, 7) is 4.45. The number of carbonyl (C=O) groups excluding carboxylic acids is 1. The van der Waals surface area contributed by atoms with Crippen molar-refractivity contribution in [3.8, 4) is 28.5 Å². The summed E-state index contributed by atoms with van der Waals surface area (Å²) in [7, 11) is 3.10. The van der Waals surface area contributed by atoms with Gasteiger partial charge < -0.3 is 19.5 Å². The van der Waals surface area contributed by atoms with Crippen molar-refractivity contribution < 1.29 is 19.0 Å². The van der Waals surface area contributed by atoms with Crippen molar-refractivity contribution in [2.24, 2.45) is 0 Å². The fourth-order valence-electron chi connectivity index (χ4n) is 3.28. The van der Waals surface area contributed by atoms with Crippen LogP contribution in [0.4, 0.5) is 0 Å². The van der Waals surface area contributed by atoms with Gasteiger partial charge in [-0.25, -0.2) is 4.68 Å². The molecule has 0 bridgehead atoms. The molecule has 0 unspecified atom stereocenters. The van der Waals surface area contributed by atoms with Crippen LogP contribution in [0.5, 0.6) is 17.2 Å². The Kier molecular flexibility index (Phi) is 7.49. The summed E-state index contributed by atoms with van der Waals surface area (Å²) < 4.78 is 17.4. The first-order chi connectivity index (χ1) is 15.4. The first-order valence-corrected chi connectivity index (χ1v) is 10.2. The lowest BCUT2D eigenvalue weighted by Gasteiger charge is -2.11. The molecule has 8 heteroatoms. The molecule has 1 amide bonds. The van der Waals surface area contributed by atoms with E-state index >= 15 is 0 Å². The van der Waals surface area contributed by atoms with Gasteiger partial charge in [0.25, 0.3) is 5.56 Å². The van der Waals surface area contributed by atoms with Crippen molar-refractivity contribution in [3.63, 3.8) is 0 Å². The lowest BCUT2D eigenvalue weighted by molar-refractivity contribution is -0.122. The van der Waals surface area contributed by atoms with Crippen molar-refractivity contribution in [2.75, 3.05) is 27.4 Å². The van der Waals surface area contributed by atoms with E-state index in [4.69, 9.17) is 14.2 Å². The van der Waals surface area contributed by atoms with Crippen LogP contribution < -0.4 is 25.1 Å². The molecule has 8 nitrogen and oxygen atoms in total. The average molecular weight is 437 g/mol. The number of carbonyl (C=O) groups is 1. The molecule has 0 fully saturated rings. The van der Waals surface area contributed by atoms with E-state index < -0.39 is 0 Å². The SMILES string of the molecule is COc1ccc(-c2ccc(=O)n(CC(=O)NCCOc3cc(C)cc(C)c3)n2)cc1OC. The van der Waals surface area contributed by atoms with Gasteiger partial charge in [0.2, 0.25) is 5.91 Å². The monoisotopic (exact) mass is 437 g/mol. The van der Waals surface area contributed by atoms with Crippen molar-refractivity contribution in [2.45, 2.75) is 20.4 Å². The van der Waals surface area contributed by atoms with Gasteiger partial charge in [-0.15, -0.1) is 0 Å². The van der Waals surface area contributed by atoms with Crippen molar-refractivity contribution in [3.05, 3.63) is 70.0 Å². The van der Waals surface area contributed by atoms with Crippen LogP contribution in [0.1, 0.15) is 11.1 Å². The van der Waals surface area contributed by atoms with E-state index in [0.29, 0.717) is 30.3 Å². The van der Waals surface area contributed by atoms with Gasteiger partial charge in [-0.05, 0) is 61.4 Å². The summed E-state index contributed by atoms with van der Waals surface area (Å²) in [5, 5.41) is 7.07. The van der Waals surface area contributed by atoms with Crippen LogP contribution in [0.25, 0.3) is 11.3 Å². The smallest absolute Gasteiger partial charge is 0.267 e. The average Bonchev–Trinajstić information content (AvgIpc) is 2.77. The number of aryl methyl sites for hydroxylation is 2.